The summed E-state index contributed by atoms with van der Waals surface area (Å²) in [7, 11) is 3.00. The van der Waals surface area contributed by atoms with Crippen molar-refractivity contribution >= 4 is 21.6 Å². The van der Waals surface area contributed by atoms with Crippen LogP contribution in [0.5, 0.6) is 11.5 Å². The smallest absolute Gasteiger partial charge is 0.134 e. The minimum atomic E-state index is -0.350. The molecule has 186 valence electrons. The Hall–Kier alpha value is -2.82. The number of aromatic hydroxyl groups is 2. The molecule has 0 fully saturated rings. The van der Waals surface area contributed by atoms with Gasteiger partial charge in [-0.25, -0.2) is 0 Å². The second kappa shape index (κ2) is 10.3. The molecule has 0 amide bonds. The fourth-order valence-corrected chi connectivity index (χ4v) is 7.37. The molecule has 0 bridgehead atoms. The Morgan fingerprint density at radius 3 is 1.17 bits per heavy atom. The van der Waals surface area contributed by atoms with Crippen LogP contribution >= 0.6 is 21.6 Å². The van der Waals surface area contributed by atoms with Gasteiger partial charge in [0.1, 0.15) is 11.5 Å². The summed E-state index contributed by atoms with van der Waals surface area (Å²) in [5, 5.41) is 22.8. The lowest BCUT2D eigenvalue weighted by Crippen LogP contribution is -2.19. The Labute approximate surface area is 223 Å². The van der Waals surface area contributed by atoms with Gasteiger partial charge >= 0.3 is 0 Å². The third-order valence-electron chi connectivity index (χ3n) is 7.20. The highest BCUT2D eigenvalue weighted by Gasteiger charge is 2.30. The molecule has 0 atom stereocenters. The predicted octanol–water partition coefficient (Wildman–Crippen LogP) is 9.17. The molecule has 2 N–H and O–H groups in total. The highest BCUT2D eigenvalue weighted by atomic mass is 33.1. The predicted molar refractivity (Wildman–Crippen MR) is 155 cm³/mol. The van der Waals surface area contributed by atoms with Crippen LogP contribution in [0.15, 0.2) is 94.7 Å². The zero-order valence-electron chi connectivity index (χ0n) is 21.8. The highest BCUT2D eigenvalue weighted by molar-refractivity contribution is 8.76. The van der Waals surface area contributed by atoms with E-state index in [-0.39, 0.29) is 10.8 Å². The number of rotatable bonds is 7. The van der Waals surface area contributed by atoms with Crippen molar-refractivity contribution in [3.63, 3.8) is 0 Å². The first-order valence-corrected chi connectivity index (χ1v) is 14.3. The van der Waals surface area contributed by atoms with Crippen molar-refractivity contribution in [3.8, 4) is 11.5 Å². The van der Waals surface area contributed by atoms with Crippen LogP contribution < -0.4 is 0 Å². The molecule has 0 saturated heterocycles. The number of hydrogen-bond donors (Lipinski definition) is 2. The molecule has 4 rings (SSSR count). The molecule has 0 aromatic heterocycles. The number of hydrogen-bond acceptors (Lipinski definition) is 4. The first kappa shape index (κ1) is 26.2. The summed E-state index contributed by atoms with van der Waals surface area (Å²) in [4.78, 5) is 1.65. The van der Waals surface area contributed by atoms with Gasteiger partial charge in [0.2, 0.25) is 0 Å². The van der Waals surface area contributed by atoms with Crippen molar-refractivity contribution in [2.24, 2.45) is 0 Å². The average molecular weight is 515 g/mol. The van der Waals surface area contributed by atoms with Crippen molar-refractivity contribution in [1.82, 2.24) is 0 Å². The van der Waals surface area contributed by atoms with Crippen LogP contribution in [-0.2, 0) is 10.8 Å². The van der Waals surface area contributed by atoms with Gasteiger partial charge in [-0.05, 0) is 57.7 Å². The fourth-order valence-electron chi connectivity index (χ4n) is 4.67. The highest BCUT2D eigenvalue weighted by Crippen LogP contribution is 2.52. The molecule has 0 heterocycles. The molecule has 4 aromatic carbocycles. The van der Waals surface area contributed by atoms with E-state index in [9.17, 15) is 10.2 Å². The zero-order valence-corrected chi connectivity index (χ0v) is 23.4. The van der Waals surface area contributed by atoms with E-state index in [0.717, 1.165) is 43.2 Å². The van der Waals surface area contributed by atoms with Gasteiger partial charge in [-0.3, -0.25) is 0 Å². The van der Waals surface area contributed by atoms with Crippen LogP contribution in [0.25, 0.3) is 0 Å². The van der Waals surface area contributed by atoms with Crippen LogP contribution in [0.3, 0.4) is 0 Å². The largest absolute Gasteiger partial charge is 0.506 e. The summed E-state index contributed by atoms with van der Waals surface area (Å²) >= 11 is 0. The van der Waals surface area contributed by atoms with Crippen molar-refractivity contribution in [3.05, 3.63) is 118 Å². The lowest BCUT2D eigenvalue weighted by molar-refractivity contribution is 0.439. The second-order valence-corrected chi connectivity index (χ2v) is 12.5. The van der Waals surface area contributed by atoms with E-state index in [4.69, 9.17) is 0 Å². The van der Waals surface area contributed by atoms with Gasteiger partial charge in [0, 0.05) is 22.0 Å². The molecule has 4 heteroatoms. The molecule has 0 radical (unpaired) electrons. The van der Waals surface area contributed by atoms with E-state index in [1.807, 2.05) is 62.4 Å². The summed E-state index contributed by atoms with van der Waals surface area (Å²) in [6.45, 7) is 12.6. The maximum Gasteiger partial charge on any atom is 0.134 e. The topological polar surface area (TPSA) is 40.5 Å². The van der Waals surface area contributed by atoms with Crippen molar-refractivity contribution in [2.45, 2.75) is 62.2 Å². The van der Waals surface area contributed by atoms with Crippen molar-refractivity contribution in [1.29, 1.82) is 0 Å². The maximum atomic E-state index is 11.4. The van der Waals surface area contributed by atoms with Gasteiger partial charge in [-0.15, -0.1) is 0 Å². The summed E-state index contributed by atoms with van der Waals surface area (Å²) in [5.74, 6) is 0.610. The molecule has 0 aliphatic heterocycles. The van der Waals surface area contributed by atoms with Crippen LogP contribution in [0, 0.1) is 13.8 Å². The SMILES string of the molecule is Cc1ccc(C(C)(C)c2ccccc2)c(O)c1SSc1c(C)ccc(C(C)(C)c2ccccc2)c1O. The molecule has 0 saturated carbocycles. The van der Waals surface area contributed by atoms with Crippen LogP contribution in [-0.4, -0.2) is 10.2 Å². The van der Waals surface area contributed by atoms with E-state index < -0.39 is 0 Å². The van der Waals surface area contributed by atoms with E-state index in [0.29, 0.717) is 11.5 Å². The standard InChI is InChI=1S/C32H34O2S2/c1-21-17-19-25(31(3,4)23-13-9-7-10-14-23)27(33)29(21)35-36-30-22(2)18-20-26(28(30)34)32(5,6)24-15-11-8-12-16-24/h7-20,33-34H,1-6H3. The minimum absolute atomic E-state index is 0.305. The van der Waals surface area contributed by atoms with Gasteiger partial charge in [-0.2, -0.15) is 0 Å². The van der Waals surface area contributed by atoms with E-state index in [1.54, 1.807) is 0 Å². The zero-order chi connectivity index (χ0) is 26.1. The van der Waals surface area contributed by atoms with E-state index >= 15 is 0 Å². The fraction of sp³-hybridized carbons (Fsp3) is 0.250. The van der Waals surface area contributed by atoms with Gasteiger partial charge in [-0.1, -0.05) is 113 Å². The number of benzene rings is 4. The van der Waals surface area contributed by atoms with E-state index in [1.165, 1.54) is 21.6 Å². The Balaban J connectivity index is 1.69. The second-order valence-electron chi connectivity index (χ2n) is 10.4. The Morgan fingerprint density at radius 2 is 0.833 bits per heavy atom. The average Bonchev–Trinajstić information content (AvgIpc) is 2.86. The van der Waals surface area contributed by atoms with Gasteiger partial charge in [0.25, 0.3) is 0 Å². The molecule has 4 aromatic rings. The lowest BCUT2D eigenvalue weighted by atomic mass is 9.77. The third-order valence-corrected chi connectivity index (χ3v) is 9.90. The van der Waals surface area contributed by atoms with Gasteiger partial charge in [0.05, 0.1) is 9.79 Å². The Morgan fingerprint density at radius 1 is 0.500 bits per heavy atom. The minimum Gasteiger partial charge on any atom is -0.506 e. The quantitative estimate of drug-likeness (QED) is 0.241. The molecular weight excluding hydrogens is 480 g/mol. The van der Waals surface area contributed by atoms with Crippen molar-refractivity contribution < 1.29 is 10.2 Å². The van der Waals surface area contributed by atoms with Crippen LogP contribution in [0.2, 0.25) is 0 Å². The molecule has 0 aliphatic carbocycles. The monoisotopic (exact) mass is 514 g/mol. The van der Waals surface area contributed by atoms with Crippen LogP contribution in [0.1, 0.15) is 61.1 Å². The number of aryl methyl sites for hydroxylation is 2. The molecule has 0 spiro atoms. The number of phenols is 2. The van der Waals surface area contributed by atoms with E-state index in [2.05, 4.69) is 64.1 Å². The molecule has 36 heavy (non-hydrogen) atoms. The normalized spacial score (nSPS) is 12.1. The summed E-state index contributed by atoms with van der Waals surface area (Å²) in [6.07, 6.45) is 0. The Bertz CT molecular complexity index is 1250. The number of phenolic OH excluding ortho intramolecular Hbond substituents is 2. The first-order valence-electron chi connectivity index (χ1n) is 12.2. The Kier molecular flexibility index (Phi) is 7.49. The first-order chi connectivity index (χ1) is 17.0. The summed E-state index contributed by atoms with van der Waals surface area (Å²) in [5.41, 5.74) is 5.40. The van der Waals surface area contributed by atoms with Crippen molar-refractivity contribution in [2.75, 3.05) is 0 Å². The molecule has 2 nitrogen and oxygen atoms in total. The third kappa shape index (κ3) is 4.89. The van der Waals surface area contributed by atoms with Crippen LogP contribution in [0.4, 0.5) is 0 Å². The maximum absolute atomic E-state index is 11.4. The molecule has 0 unspecified atom stereocenters. The van der Waals surface area contributed by atoms with Gasteiger partial charge < -0.3 is 10.2 Å². The molecule has 0 aliphatic rings. The summed E-state index contributed by atoms with van der Waals surface area (Å²) in [6, 6.07) is 28.7. The van der Waals surface area contributed by atoms with Gasteiger partial charge in [0.15, 0.2) is 0 Å². The lowest BCUT2D eigenvalue weighted by Gasteiger charge is -2.29. The summed E-state index contributed by atoms with van der Waals surface area (Å²) < 4.78 is 0. The molecular formula is C32H34O2S2.